The summed E-state index contributed by atoms with van der Waals surface area (Å²) in [5, 5.41) is 4.88. The van der Waals surface area contributed by atoms with Crippen LogP contribution in [0.25, 0.3) is 21.2 Å². The fourth-order valence-corrected chi connectivity index (χ4v) is 7.63. The highest BCUT2D eigenvalue weighted by Crippen LogP contribution is 2.40. The van der Waals surface area contributed by atoms with Gasteiger partial charge in [0.15, 0.2) is 5.78 Å². The van der Waals surface area contributed by atoms with Crippen molar-refractivity contribution in [1.82, 2.24) is 5.32 Å². The zero-order valence-electron chi connectivity index (χ0n) is 23.5. The highest BCUT2D eigenvalue weighted by atomic mass is 35.5. The molecule has 1 amide bonds. The van der Waals surface area contributed by atoms with Crippen molar-refractivity contribution in [1.29, 1.82) is 0 Å². The molecule has 1 N–H and O–H groups in total. The van der Waals surface area contributed by atoms with Crippen LogP contribution in [0.1, 0.15) is 53.8 Å². The van der Waals surface area contributed by atoms with Crippen molar-refractivity contribution in [3.63, 3.8) is 0 Å². The minimum Gasteiger partial charge on any atom is -0.318 e. The topological polar surface area (TPSA) is 49.4 Å². The molecule has 1 aromatic heterocycles. The smallest absolute Gasteiger partial charge is 0.213 e. The zero-order chi connectivity index (χ0) is 28.9. The van der Waals surface area contributed by atoms with Gasteiger partial charge in [0.2, 0.25) is 6.41 Å². The largest absolute Gasteiger partial charge is 0.318 e. The van der Waals surface area contributed by atoms with E-state index in [4.69, 9.17) is 11.6 Å². The van der Waals surface area contributed by atoms with Gasteiger partial charge in [-0.25, -0.2) is 4.39 Å². The summed E-state index contributed by atoms with van der Waals surface area (Å²) >= 11 is 8.15. The van der Waals surface area contributed by atoms with E-state index in [0.717, 1.165) is 65.4 Å². The lowest BCUT2D eigenvalue weighted by Crippen LogP contribution is -2.33. The standard InChI is InChI=1S/C34H36ClFN2O2S/c1-37-27-14-9-22(10-15-27)25(20-31(40)34-33(35)29-5-3-4-6-32(29)41-34)7-8-26-19-24(13-18-30(26)36)23-11-16-28(17-12-23)38(2)21-39/h3-6,11-13,16-19,21-22,25,27,37H,7-10,14-15,20H2,1-2H3/t22?,25-,27?/m1/s1. The molecule has 0 radical (unpaired) electrons. The molecule has 5 rings (SSSR count). The van der Waals surface area contributed by atoms with E-state index in [-0.39, 0.29) is 17.5 Å². The Labute approximate surface area is 250 Å². The lowest BCUT2D eigenvalue weighted by Gasteiger charge is -2.34. The molecule has 7 heteroatoms. The molecule has 1 atom stereocenters. The number of Topliss-reactive ketones (excluding diaryl/α,β-unsaturated/α-hetero) is 1. The Morgan fingerprint density at radius 3 is 2.46 bits per heavy atom. The summed E-state index contributed by atoms with van der Waals surface area (Å²) in [4.78, 5) is 26.9. The molecule has 41 heavy (non-hydrogen) atoms. The number of hydrogen-bond donors (Lipinski definition) is 1. The summed E-state index contributed by atoms with van der Waals surface area (Å²) in [7, 11) is 3.72. The maximum Gasteiger partial charge on any atom is 0.213 e. The molecular formula is C34H36ClFN2O2S. The maximum absolute atomic E-state index is 15.1. The maximum atomic E-state index is 15.1. The summed E-state index contributed by atoms with van der Waals surface area (Å²) in [6, 6.07) is 21.3. The summed E-state index contributed by atoms with van der Waals surface area (Å²) < 4.78 is 16.1. The van der Waals surface area contributed by atoms with Gasteiger partial charge in [0, 0.05) is 35.3 Å². The molecule has 0 spiro atoms. The number of hydrogen-bond acceptors (Lipinski definition) is 4. The number of anilines is 1. The molecule has 1 heterocycles. The molecule has 1 aliphatic carbocycles. The van der Waals surface area contributed by atoms with E-state index < -0.39 is 0 Å². The third-order valence-corrected chi connectivity index (χ3v) is 10.4. The number of nitrogens with zero attached hydrogens (tertiary/aromatic N) is 1. The summed E-state index contributed by atoms with van der Waals surface area (Å²) in [6.07, 6.45) is 6.81. The highest BCUT2D eigenvalue weighted by molar-refractivity contribution is 7.21. The minimum atomic E-state index is -0.220. The van der Waals surface area contributed by atoms with Crippen molar-refractivity contribution in [2.24, 2.45) is 11.8 Å². The molecule has 1 aliphatic rings. The van der Waals surface area contributed by atoms with E-state index in [9.17, 15) is 9.59 Å². The van der Waals surface area contributed by atoms with Crippen LogP contribution in [0.5, 0.6) is 0 Å². The van der Waals surface area contributed by atoms with Crippen LogP contribution < -0.4 is 10.2 Å². The van der Waals surface area contributed by atoms with Crippen LogP contribution in [-0.2, 0) is 11.2 Å². The van der Waals surface area contributed by atoms with Crippen LogP contribution in [-0.4, -0.2) is 32.3 Å². The fraction of sp³-hybridized carbons (Fsp3) is 0.353. The van der Waals surface area contributed by atoms with Gasteiger partial charge >= 0.3 is 0 Å². The van der Waals surface area contributed by atoms with Crippen molar-refractivity contribution in [2.45, 2.75) is 51.0 Å². The average molecular weight is 591 g/mol. The first kappa shape index (κ1) is 29.4. The van der Waals surface area contributed by atoms with Gasteiger partial charge in [0.25, 0.3) is 0 Å². The van der Waals surface area contributed by atoms with E-state index in [1.165, 1.54) is 22.3 Å². The number of rotatable bonds is 11. The van der Waals surface area contributed by atoms with Crippen LogP contribution in [0, 0.1) is 17.7 Å². The summed E-state index contributed by atoms with van der Waals surface area (Å²) in [6.45, 7) is 0. The second kappa shape index (κ2) is 13.3. The Hall–Kier alpha value is -3.06. The van der Waals surface area contributed by atoms with Crippen LogP contribution in [0.4, 0.5) is 10.1 Å². The Kier molecular flexibility index (Phi) is 9.53. The van der Waals surface area contributed by atoms with Crippen LogP contribution in [0.2, 0.25) is 5.02 Å². The van der Waals surface area contributed by atoms with E-state index in [1.807, 2.05) is 61.6 Å². The molecular weight excluding hydrogens is 555 g/mol. The fourth-order valence-electron chi connectivity index (χ4n) is 6.14. The Morgan fingerprint density at radius 1 is 1.07 bits per heavy atom. The third-order valence-electron chi connectivity index (χ3n) is 8.68. The van der Waals surface area contributed by atoms with Crippen LogP contribution in [0.15, 0.2) is 66.7 Å². The number of carbonyl (C=O) groups is 2. The van der Waals surface area contributed by atoms with Gasteiger partial charge in [-0.15, -0.1) is 11.3 Å². The predicted molar refractivity (Wildman–Crippen MR) is 169 cm³/mol. The first-order valence-corrected chi connectivity index (χ1v) is 15.5. The number of amides is 1. The van der Waals surface area contributed by atoms with Crippen molar-refractivity contribution in [2.75, 3.05) is 19.0 Å². The zero-order valence-corrected chi connectivity index (χ0v) is 25.1. The lowest BCUT2D eigenvalue weighted by atomic mass is 9.74. The van der Waals surface area contributed by atoms with E-state index in [1.54, 1.807) is 13.1 Å². The number of carbonyl (C=O) groups excluding carboxylic acids is 2. The SMILES string of the molecule is CNC1CCC([C@H](CCc2cc(-c3ccc(N(C)C=O)cc3)ccc2F)CC(=O)c2sc3ccccc3c2Cl)CC1. The first-order chi connectivity index (χ1) is 19.9. The molecule has 0 unspecified atom stereocenters. The van der Waals surface area contributed by atoms with Gasteiger partial charge in [-0.05, 0) is 104 Å². The van der Waals surface area contributed by atoms with Gasteiger partial charge in [0.05, 0.1) is 9.90 Å². The molecule has 1 fully saturated rings. The molecule has 1 saturated carbocycles. The lowest BCUT2D eigenvalue weighted by molar-refractivity contribution is -0.107. The Bertz CT molecular complexity index is 1510. The number of halogens is 2. The summed E-state index contributed by atoms with van der Waals surface area (Å²) in [5.41, 5.74) is 3.36. The molecule has 0 bridgehead atoms. The van der Waals surface area contributed by atoms with Crippen molar-refractivity contribution >= 4 is 50.9 Å². The number of thiophene rings is 1. The quantitative estimate of drug-likeness (QED) is 0.141. The number of nitrogens with one attached hydrogen (secondary N) is 1. The molecule has 3 aromatic carbocycles. The van der Waals surface area contributed by atoms with E-state index in [2.05, 4.69) is 5.32 Å². The van der Waals surface area contributed by atoms with E-state index >= 15 is 4.39 Å². The predicted octanol–water partition coefficient (Wildman–Crippen LogP) is 8.55. The van der Waals surface area contributed by atoms with Crippen LogP contribution in [0.3, 0.4) is 0 Å². The van der Waals surface area contributed by atoms with Crippen LogP contribution >= 0.6 is 22.9 Å². The van der Waals surface area contributed by atoms with E-state index in [0.29, 0.717) is 40.3 Å². The second-order valence-electron chi connectivity index (χ2n) is 11.1. The number of benzene rings is 3. The molecule has 4 aromatic rings. The molecule has 0 saturated heterocycles. The number of ketones is 1. The highest BCUT2D eigenvalue weighted by Gasteiger charge is 2.30. The Morgan fingerprint density at radius 2 is 1.78 bits per heavy atom. The van der Waals surface area contributed by atoms with Crippen molar-refractivity contribution in [3.05, 3.63) is 88.0 Å². The van der Waals surface area contributed by atoms with Gasteiger partial charge < -0.3 is 10.2 Å². The van der Waals surface area contributed by atoms with Crippen molar-refractivity contribution in [3.8, 4) is 11.1 Å². The minimum absolute atomic E-state index is 0.0894. The molecule has 4 nitrogen and oxygen atoms in total. The van der Waals surface area contributed by atoms with Gasteiger partial charge in [-0.1, -0.05) is 48.0 Å². The van der Waals surface area contributed by atoms with Crippen molar-refractivity contribution < 1.29 is 14.0 Å². The molecule has 214 valence electrons. The monoisotopic (exact) mass is 590 g/mol. The first-order valence-electron chi connectivity index (χ1n) is 14.3. The van der Waals surface area contributed by atoms with Gasteiger partial charge in [0.1, 0.15) is 5.82 Å². The second-order valence-corrected chi connectivity index (χ2v) is 12.6. The van der Waals surface area contributed by atoms with Gasteiger partial charge in [-0.3, -0.25) is 9.59 Å². The number of fused-ring (bicyclic) bond motifs is 1. The Balaban J connectivity index is 1.35. The molecule has 0 aliphatic heterocycles. The summed E-state index contributed by atoms with van der Waals surface area (Å²) in [5.74, 6) is 0.447. The van der Waals surface area contributed by atoms with Gasteiger partial charge in [-0.2, -0.15) is 0 Å². The number of aryl methyl sites for hydroxylation is 1. The average Bonchev–Trinajstić information content (AvgIpc) is 3.36. The third kappa shape index (κ3) is 6.72. The normalized spacial score (nSPS) is 17.9.